The number of hydrogen-bond donors (Lipinski definition) is 5. The van der Waals surface area contributed by atoms with Gasteiger partial charge in [0.05, 0.1) is 52.9 Å². The Bertz CT molecular complexity index is 2150. The second kappa shape index (κ2) is 31.7. The molecule has 1 atom stereocenters. The number of rotatable bonds is 34. The van der Waals surface area contributed by atoms with Crippen LogP contribution < -0.4 is 21.3 Å². The molecule has 0 aliphatic rings. The summed E-state index contributed by atoms with van der Waals surface area (Å²) in [5, 5.41) is 20.2. The van der Waals surface area contributed by atoms with Crippen molar-refractivity contribution in [3.63, 3.8) is 0 Å². The molecule has 3 rings (SSSR count). The van der Waals surface area contributed by atoms with Gasteiger partial charge in [-0.2, -0.15) is 0 Å². The fourth-order valence-electron chi connectivity index (χ4n) is 6.36. The minimum atomic E-state index is -1.97. The minimum Gasteiger partial charge on any atom is -0.480 e. The van der Waals surface area contributed by atoms with Crippen molar-refractivity contribution in [3.8, 4) is 11.1 Å². The lowest BCUT2D eigenvalue weighted by Gasteiger charge is -2.36. The van der Waals surface area contributed by atoms with Crippen LogP contribution in [0.1, 0.15) is 83.1 Å². The van der Waals surface area contributed by atoms with Gasteiger partial charge in [0.15, 0.2) is 16.6 Å². The Labute approximate surface area is 435 Å². The van der Waals surface area contributed by atoms with Crippen LogP contribution in [0.3, 0.4) is 0 Å². The molecule has 3 aromatic carbocycles. The van der Waals surface area contributed by atoms with Crippen LogP contribution in [0.15, 0.2) is 72.8 Å². The van der Waals surface area contributed by atoms with Gasteiger partial charge in [0, 0.05) is 26.1 Å². The first kappa shape index (κ1) is 62.3. The summed E-state index contributed by atoms with van der Waals surface area (Å²) in [5.41, 5.74) is 6.56. The van der Waals surface area contributed by atoms with Gasteiger partial charge in [-0.05, 0) is 88.9 Å². The standard InChI is InChI=1S/C54H84N4O13Si2/c1-53(2,3)72(7,8)70-37-42-18-20-43(21-19-42)45-22-23-46(38-71-73(9,10)54(4,5)6)44(35-45)17-14-26-55-49(60)39-67-33-32-66-30-28-57-50(61)40-68-34-31-65-29-27-56-48(59)25-24-47(51(62)63)58-52(64)69-36-41-15-12-11-13-16-41/h11-13,15-16,18-23,35,47H,14,17,24-34,36-40H2,1-10H3,(H,55,60)(H,56,59)(H,57,61)(H,58,64)(H,62,63). The summed E-state index contributed by atoms with van der Waals surface area (Å²) in [6.07, 6.45) is 0.380. The Hall–Kier alpha value is -5.00. The van der Waals surface area contributed by atoms with Crippen molar-refractivity contribution in [2.45, 2.75) is 129 Å². The molecule has 0 fully saturated rings. The quantitative estimate of drug-likeness (QED) is 0.0284. The van der Waals surface area contributed by atoms with E-state index < -0.39 is 40.6 Å². The largest absolute Gasteiger partial charge is 0.480 e. The average Bonchev–Trinajstić information content (AvgIpc) is 3.33. The molecule has 0 aliphatic carbocycles. The maximum absolute atomic E-state index is 12.6. The average molecular weight is 1050 g/mol. The maximum atomic E-state index is 12.6. The number of carboxylic acids is 1. The second-order valence-corrected chi connectivity index (χ2v) is 30.5. The number of aliphatic carboxylic acids is 1. The molecule has 0 saturated heterocycles. The lowest BCUT2D eigenvalue weighted by molar-refractivity contribution is -0.139. The van der Waals surface area contributed by atoms with Gasteiger partial charge in [0.25, 0.3) is 0 Å². The molecule has 3 aromatic rings. The fraction of sp³-hybridized carbons (Fsp3) is 0.574. The van der Waals surface area contributed by atoms with E-state index in [-0.39, 0.29) is 107 Å². The highest BCUT2D eigenvalue weighted by atomic mass is 28.4. The van der Waals surface area contributed by atoms with E-state index >= 15 is 0 Å². The number of carbonyl (C=O) groups is 5. The Balaban J connectivity index is 1.23. The zero-order valence-corrected chi connectivity index (χ0v) is 47.1. The Morgan fingerprint density at radius 2 is 1.07 bits per heavy atom. The highest BCUT2D eigenvalue weighted by molar-refractivity contribution is 6.74. The van der Waals surface area contributed by atoms with Crippen molar-refractivity contribution in [1.82, 2.24) is 21.3 Å². The Morgan fingerprint density at radius 3 is 1.63 bits per heavy atom. The lowest BCUT2D eigenvalue weighted by Crippen LogP contribution is -2.42. The predicted octanol–water partition coefficient (Wildman–Crippen LogP) is 7.90. The van der Waals surface area contributed by atoms with E-state index in [1.165, 1.54) is 5.56 Å². The molecule has 0 spiro atoms. The number of benzene rings is 3. The molecule has 4 amide bonds. The van der Waals surface area contributed by atoms with Gasteiger partial charge in [-0.15, -0.1) is 0 Å². The summed E-state index contributed by atoms with van der Waals surface area (Å²) in [5.74, 6) is -2.20. The second-order valence-electron chi connectivity index (χ2n) is 20.9. The topological polar surface area (TPSA) is 218 Å². The van der Waals surface area contributed by atoms with Gasteiger partial charge in [-0.1, -0.05) is 114 Å². The molecule has 73 heavy (non-hydrogen) atoms. The molecular weight excluding hydrogens is 969 g/mol. The number of aryl methyl sites for hydroxylation is 1. The van der Waals surface area contributed by atoms with Crippen LogP contribution in [0.25, 0.3) is 11.1 Å². The van der Waals surface area contributed by atoms with Gasteiger partial charge < -0.3 is 58.9 Å². The molecule has 0 aromatic heterocycles. The monoisotopic (exact) mass is 1050 g/mol. The highest BCUT2D eigenvalue weighted by Gasteiger charge is 2.38. The van der Waals surface area contributed by atoms with Crippen LogP contribution in [-0.2, 0) is 78.0 Å². The SMILES string of the molecule is CC(C)(C)[Si](C)(C)OCc1ccc(-c2ccc(CO[Si](C)(C)C(C)(C)C)c(CCCNC(=O)COCCOCCNC(=O)COCCOCCNC(=O)CCC(NC(=O)OCc3ccccc3)C(=O)O)c2)cc1. The van der Waals surface area contributed by atoms with Crippen LogP contribution in [0.5, 0.6) is 0 Å². The summed E-state index contributed by atoms with van der Waals surface area (Å²) in [4.78, 5) is 60.4. The summed E-state index contributed by atoms with van der Waals surface area (Å²) < 4.78 is 39.9. The molecule has 0 bridgehead atoms. The van der Waals surface area contributed by atoms with Gasteiger partial charge in [0.1, 0.15) is 25.9 Å². The molecule has 1 unspecified atom stereocenters. The van der Waals surface area contributed by atoms with Crippen molar-refractivity contribution in [2.24, 2.45) is 0 Å². The molecule has 0 aliphatic heterocycles. The van der Waals surface area contributed by atoms with Gasteiger partial charge in [0.2, 0.25) is 17.7 Å². The van der Waals surface area contributed by atoms with E-state index in [9.17, 15) is 29.1 Å². The van der Waals surface area contributed by atoms with Crippen LogP contribution in [0.2, 0.25) is 36.3 Å². The summed E-state index contributed by atoms with van der Waals surface area (Å²) >= 11 is 0. The van der Waals surface area contributed by atoms with Crippen molar-refractivity contribution in [3.05, 3.63) is 95.1 Å². The molecule has 406 valence electrons. The van der Waals surface area contributed by atoms with E-state index in [0.717, 1.165) is 40.7 Å². The van der Waals surface area contributed by atoms with Crippen LogP contribution in [0, 0.1) is 0 Å². The van der Waals surface area contributed by atoms with Crippen LogP contribution in [-0.4, -0.2) is 130 Å². The van der Waals surface area contributed by atoms with Crippen molar-refractivity contribution in [2.75, 3.05) is 72.5 Å². The maximum Gasteiger partial charge on any atom is 0.408 e. The fourth-order valence-corrected chi connectivity index (χ4v) is 8.27. The third-order valence-electron chi connectivity index (χ3n) is 13.0. The zero-order valence-electron chi connectivity index (χ0n) is 45.1. The summed E-state index contributed by atoms with van der Waals surface area (Å²) in [6.45, 7) is 25.7. The molecular formula is C54H84N4O13Si2. The first-order chi connectivity index (χ1) is 34.5. The van der Waals surface area contributed by atoms with Crippen molar-refractivity contribution >= 4 is 46.4 Å². The number of hydrogen-bond acceptors (Lipinski definition) is 12. The van der Waals surface area contributed by atoms with E-state index in [2.05, 4.69) is 131 Å². The van der Waals surface area contributed by atoms with E-state index in [1.54, 1.807) is 24.3 Å². The van der Waals surface area contributed by atoms with E-state index in [0.29, 0.717) is 19.8 Å². The van der Waals surface area contributed by atoms with E-state index in [4.69, 9.17) is 32.5 Å². The number of ether oxygens (including phenoxy) is 5. The minimum absolute atomic E-state index is 0.0141. The molecule has 19 heteroatoms. The predicted molar refractivity (Wildman–Crippen MR) is 287 cm³/mol. The van der Waals surface area contributed by atoms with E-state index in [1.807, 2.05) is 6.07 Å². The molecule has 0 heterocycles. The Kier molecular flexibility index (Phi) is 27.0. The molecule has 0 saturated carbocycles. The highest BCUT2D eigenvalue weighted by Crippen LogP contribution is 2.38. The third kappa shape index (κ3) is 24.7. The molecule has 17 nitrogen and oxygen atoms in total. The smallest absolute Gasteiger partial charge is 0.408 e. The van der Waals surface area contributed by atoms with Crippen LogP contribution >= 0.6 is 0 Å². The normalized spacial score (nSPS) is 12.5. The van der Waals surface area contributed by atoms with Gasteiger partial charge in [-0.25, -0.2) is 9.59 Å². The third-order valence-corrected chi connectivity index (χ3v) is 22.0. The number of amides is 4. The number of carbonyl (C=O) groups excluding carboxylic acids is 4. The van der Waals surface area contributed by atoms with Crippen LogP contribution in [0.4, 0.5) is 4.79 Å². The number of carboxylic acid groups (broad SMARTS) is 1. The van der Waals surface area contributed by atoms with Crippen molar-refractivity contribution in [1.29, 1.82) is 0 Å². The lowest BCUT2D eigenvalue weighted by atomic mass is 9.96. The van der Waals surface area contributed by atoms with Gasteiger partial charge in [-0.3, -0.25) is 14.4 Å². The first-order valence-electron chi connectivity index (χ1n) is 25.3. The Morgan fingerprint density at radius 1 is 0.562 bits per heavy atom. The zero-order chi connectivity index (χ0) is 53.9. The summed E-state index contributed by atoms with van der Waals surface area (Å²) in [6, 6.07) is 22.9. The molecule has 5 N–H and O–H groups in total. The number of alkyl carbamates (subject to hydrolysis) is 1. The molecule has 0 radical (unpaired) electrons. The number of nitrogens with one attached hydrogen (secondary N) is 4. The summed E-state index contributed by atoms with van der Waals surface area (Å²) in [7, 11) is -3.83. The van der Waals surface area contributed by atoms with Gasteiger partial charge >= 0.3 is 12.1 Å². The first-order valence-corrected chi connectivity index (χ1v) is 31.1. The van der Waals surface area contributed by atoms with Crippen molar-refractivity contribution < 1.29 is 61.6 Å².